The molecule has 25 heavy (non-hydrogen) atoms. The van der Waals surface area contributed by atoms with Gasteiger partial charge in [0.15, 0.2) is 6.10 Å². The van der Waals surface area contributed by atoms with Crippen LogP contribution in [0.2, 0.25) is 0 Å². The van der Waals surface area contributed by atoms with Crippen LogP contribution >= 0.6 is 0 Å². The zero-order chi connectivity index (χ0) is 17.3. The number of rotatable bonds is 4. The molecule has 4 rings (SSSR count). The lowest BCUT2D eigenvalue weighted by Gasteiger charge is -2.30. The molecule has 0 saturated heterocycles. The molecule has 1 heterocycles. The Hall–Kier alpha value is -2.36. The maximum absolute atomic E-state index is 14.4. The van der Waals surface area contributed by atoms with Gasteiger partial charge in [-0.15, -0.1) is 0 Å². The summed E-state index contributed by atoms with van der Waals surface area (Å²) in [5.74, 6) is 0.495. The van der Waals surface area contributed by atoms with Crippen LogP contribution in [-0.4, -0.2) is 18.6 Å². The topological polar surface area (TPSA) is 38.3 Å². The van der Waals surface area contributed by atoms with E-state index in [0.717, 1.165) is 42.6 Å². The number of halogens is 1. The van der Waals surface area contributed by atoms with Gasteiger partial charge in [-0.3, -0.25) is 4.79 Å². The first-order valence-electron chi connectivity index (χ1n) is 8.95. The molecule has 0 spiro atoms. The second-order valence-corrected chi connectivity index (χ2v) is 7.10. The van der Waals surface area contributed by atoms with E-state index in [1.54, 1.807) is 6.07 Å². The largest absolute Gasteiger partial charge is 0.480 e. The van der Waals surface area contributed by atoms with E-state index in [1.165, 1.54) is 6.07 Å². The van der Waals surface area contributed by atoms with Crippen LogP contribution in [-0.2, 0) is 16.6 Å². The highest BCUT2D eigenvalue weighted by atomic mass is 19.1. The molecule has 130 valence electrons. The highest BCUT2D eigenvalue weighted by Gasteiger charge is 2.39. The van der Waals surface area contributed by atoms with Gasteiger partial charge in [-0.25, -0.2) is 4.39 Å². The number of benzene rings is 2. The summed E-state index contributed by atoms with van der Waals surface area (Å²) < 4.78 is 20.1. The van der Waals surface area contributed by atoms with Crippen molar-refractivity contribution in [2.45, 2.75) is 43.6 Å². The Morgan fingerprint density at radius 3 is 2.60 bits per heavy atom. The van der Waals surface area contributed by atoms with Crippen molar-refractivity contribution in [3.63, 3.8) is 0 Å². The number of carbonyl (C=O) groups is 1. The van der Waals surface area contributed by atoms with Crippen molar-refractivity contribution in [2.75, 3.05) is 6.54 Å². The fourth-order valence-corrected chi connectivity index (χ4v) is 4.18. The quantitative estimate of drug-likeness (QED) is 0.921. The molecule has 0 aromatic heterocycles. The predicted octanol–water partition coefficient (Wildman–Crippen LogP) is 3.76. The summed E-state index contributed by atoms with van der Waals surface area (Å²) >= 11 is 0. The molecule has 3 nitrogen and oxygen atoms in total. The standard InChI is InChI=1S/C21H22FNO2/c22-17-9-3-2-8-16(17)21(11-5-6-12-21)14-23-20(24)19-13-15-7-1-4-10-18(15)25-19/h1-4,7-10,19H,5-6,11-14H2,(H,23,24)/t19-/m0/s1. The number of carbonyl (C=O) groups excluding carboxylic acids is 1. The number of hydrogen-bond donors (Lipinski definition) is 1. The van der Waals surface area contributed by atoms with Crippen molar-refractivity contribution >= 4 is 5.91 Å². The van der Waals surface area contributed by atoms with Gasteiger partial charge in [0.2, 0.25) is 0 Å². The van der Waals surface area contributed by atoms with Gasteiger partial charge >= 0.3 is 0 Å². The maximum atomic E-state index is 14.4. The lowest BCUT2D eigenvalue weighted by atomic mass is 9.78. The first kappa shape index (κ1) is 16.1. The molecular weight excluding hydrogens is 317 g/mol. The summed E-state index contributed by atoms with van der Waals surface area (Å²) in [4.78, 5) is 12.6. The molecule has 1 N–H and O–H groups in total. The van der Waals surface area contributed by atoms with E-state index in [2.05, 4.69) is 5.32 Å². The zero-order valence-electron chi connectivity index (χ0n) is 14.1. The number of fused-ring (bicyclic) bond motifs is 1. The second-order valence-electron chi connectivity index (χ2n) is 7.10. The van der Waals surface area contributed by atoms with Crippen LogP contribution in [0.4, 0.5) is 4.39 Å². The fourth-order valence-electron chi connectivity index (χ4n) is 4.18. The number of hydrogen-bond acceptors (Lipinski definition) is 2. The predicted molar refractivity (Wildman–Crippen MR) is 94.1 cm³/mol. The van der Waals surface area contributed by atoms with Gasteiger partial charge < -0.3 is 10.1 Å². The minimum atomic E-state index is -0.489. The minimum Gasteiger partial charge on any atom is -0.480 e. The first-order chi connectivity index (χ1) is 12.2. The van der Waals surface area contributed by atoms with Crippen molar-refractivity contribution in [3.8, 4) is 5.75 Å². The number of nitrogens with one attached hydrogen (secondary N) is 1. The van der Waals surface area contributed by atoms with Crippen LogP contribution in [0.5, 0.6) is 5.75 Å². The SMILES string of the molecule is O=C(NCC1(c2ccccc2F)CCCC1)[C@@H]1Cc2ccccc2O1. The Morgan fingerprint density at radius 2 is 1.84 bits per heavy atom. The van der Waals surface area contributed by atoms with Gasteiger partial charge in [0, 0.05) is 18.4 Å². The lowest BCUT2D eigenvalue weighted by molar-refractivity contribution is -0.127. The number of para-hydroxylation sites is 1. The van der Waals surface area contributed by atoms with Crippen molar-refractivity contribution in [3.05, 3.63) is 65.5 Å². The van der Waals surface area contributed by atoms with Crippen LogP contribution in [0.25, 0.3) is 0 Å². The normalized spacial score (nSPS) is 20.8. The van der Waals surface area contributed by atoms with Crippen LogP contribution in [0.15, 0.2) is 48.5 Å². The third-order valence-electron chi connectivity index (χ3n) is 5.55. The second kappa shape index (κ2) is 6.51. The van der Waals surface area contributed by atoms with Crippen molar-refractivity contribution in [1.29, 1.82) is 0 Å². The highest BCUT2D eigenvalue weighted by molar-refractivity contribution is 5.82. The average molecular weight is 339 g/mol. The smallest absolute Gasteiger partial charge is 0.261 e. The molecule has 1 fully saturated rings. The Kier molecular flexibility index (Phi) is 4.20. The Balaban J connectivity index is 1.46. The summed E-state index contributed by atoms with van der Waals surface area (Å²) in [5, 5.41) is 3.04. The molecule has 1 aliphatic carbocycles. The summed E-state index contributed by atoms with van der Waals surface area (Å²) in [6.07, 6.45) is 4.04. The first-order valence-corrected chi connectivity index (χ1v) is 8.95. The lowest BCUT2D eigenvalue weighted by Crippen LogP contribution is -2.44. The molecular formula is C21H22FNO2. The highest BCUT2D eigenvalue weighted by Crippen LogP contribution is 2.41. The van der Waals surface area contributed by atoms with Crippen LogP contribution in [0, 0.1) is 5.82 Å². The van der Waals surface area contributed by atoms with E-state index >= 15 is 0 Å². The summed E-state index contributed by atoms with van der Waals surface area (Å²) in [6.45, 7) is 0.461. The minimum absolute atomic E-state index is 0.112. The van der Waals surface area contributed by atoms with Gasteiger partial charge in [-0.1, -0.05) is 49.2 Å². The molecule has 1 amide bonds. The zero-order valence-corrected chi connectivity index (χ0v) is 14.1. The van der Waals surface area contributed by atoms with E-state index in [4.69, 9.17) is 4.74 Å². The van der Waals surface area contributed by atoms with Gasteiger partial charge in [-0.05, 0) is 36.1 Å². The molecule has 2 aromatic carbocycles. The van der Waals surface area contributed by atoms with Crippen LogP contribution in [0.1, 0.15) is 36.8 Å². The summed E-state index contributed by atoms with van der Waals surface area (Å²) in [5.41, 5.74) is 1.49. The van der Waals surface area contributed by atoms with E-state index in [-0.39, 0.29) is 17.1 Å². The monoisotopic (exact) mass is 339 g/mol. The van der Waals surface area contributed by atoms with E-state index in [0.29, 0.717) is 13.0 Å². The van der Waals surface area contributed by atoms with Gasteiger partial charge in [0.25, 0.3) is 5.91 Å². The number of ether oxygens (including phenoxy) is 1. The molecule has 1 atom stereocenters. The van der Waals surface area contributed by atoms with Gasteiger partial charge in [0.05, 0.1) is 0 Å². The Labute approximate surface area is 147 Å². The molecule has 1 saturated carbocycles. The molecule has 1 aliphatic heterocycles. The van der Waals surface area contributed by atoms with Gasteiger partial charge in [0.1, 0.15) is 11.6 Å². The summed E-state index contributed by atoms with van der Waals surface area (Å²) in [6, 6.07) is 14.7. The third-order valence-corrected chi connectivity index (χ3v) is 5.55. The Morgan fingerprint density at radius 1 is 1.12 bits per heavy atom. The van der Waals surface area contributed by atoms with Crippen LogP contribution < -0.4 is 10.1 Å². The van der Waals surface area contributed by atoms with Gasteiger partial charge in [-0.2, -0.15) is 0 Å². The molecule has 0 unspecified atom stereocenters. The van der Waals surface area contributed by atoms with Crippen LogP contribution in [0.3, 0.4) is 0 Å². The van der Waals surface area contributed by atoms with Crippen molar-refractivity contribution in [2.24, 2.45) is 0 Å². The van der Waals surface area contributed by atoms with Crippen molar-refractivity contribution in [1.82, 2.24) is 5.32 Å². The molecule has 4 heteroatoms. The van der Waals surface area contributed by atoms with Crippen molar-refractivity contribution < 1.29 is 13.9 Å². The molecule has 2 aliphatic rings. The Bertz CT molecular complexity index is 758. The third kappa shape index (κ3) is 3.01. The van der Waals surface area contributed by atoms with E-state index < -0.39 is 6.10 Å². The number of amides is 1. The maximum Gasteiger partial charge on any atom is 0.261 e. The molecule has 0 bridgehead atoms. The van der Waals surface area contributed by atoms with E-state index in [9.17, 15) is 9.18 Å². The summed E-state index contributed by atoms with van der Waals surface area (Å²) in [7, 11) is 0. The van der Waals surface area contributed by atoms with E-state index in [1.807, 2.05) is 36.4 Å². The molecule has 2 aromatic rings. The fraction of sp³-hybridized carbons (Fsp3) is 0.381. The molecule has 0 radical (unpaired) electrons. The average Bonchev–Trinajstić information content (AvgIpc) is 3.27.